The first-order valence-corrected chi connectivity index (χ1v) is 3.68. The molecule has 1 rings (SSSR count). The second-order valence-corrected chi connectivity index (χ2v) is 2.66. The normalized spacial score (nSPS) is 13.0. The fourth-order valence-electron chi connectivity index (χ4n) is 0.925. The van der Waals surface area contributed by atoms with Gasteiger partial charge in [0, 0.05) is 6.54 Å². The molecule has 1 atom stereocenters. The van der Waals surface area contributed by atoms with Gasteiger partial charge in [-0.2, -0.15) is 0 Å². The lowest BCUT2D eigenvalue weighted by molar-refractivity contribution is 0.187. The second kappa shape index (κ2) is 3.51. The molecule has 0 heterocycles. The molecule has 2 heteroatoms. The van der Waals surface area contributed by atoms with Gasteiger partial charge in [-0.05, 0) is 12.5 Å². The van der Waals surface area contributed by atoms with E-state index in [0.29, 0.717) is 0 Å². The Labute approximate surface area is 66.7 Å². The van der Waals surface area contributed by atoms with Gasteiger partial charge < -0.3 is 10.8 Å². The standard InChI is InChI=1S/C9H13NO/c1-7-2-4-8(5-3-7)9(11)6-10/h2-5,9,11H,6,10H2,1H3/t9-/m1/s1. The molecule has 0 aliphatic heterocycles. The van der Waals surface area contributed by atoms with Gasteiger partial charge in [-0.1, -0.05) is 29.8 Å². The Morgan fingerprint density at radius 3 is 2.36 bits per heavy atom. The van der Waals surface area contributed by atoms with Crippen LogP contribution in [0.5, 0.6) is 0 Å². The van der Waals surface area contributed by atoms with Crippen molar-refractivity contribution in [2.75, 3.05) is 6.54 Å². The minimum absolute atomic E-state index is 0.281. The summed E-state index contributed by atoms with van der Waals surface area (Å²) in [6, 6.07) is 7.72. The molecule has 0 aliphatic rings. The number of aryl methyl sites for hydroxylation is 1. The van der Waals surface area contributed by atoms with E-state index < -0.39 is 6.10 Å². The Morgan fingerprint density at radius 2 is 1.91 bits per heavy atom. The molecule has 60 valence electrons. The van der Waals surface area contributed by atoms with Crippen molar-refractivity contribution in [3.63, 3.8) is 0 Å². The van der Waals surface area contributed by atoms with E-state index in [1.54, 1.807) is 0 Å². The molecule has 0 radical (unpaired) electrons. The molecular weight excluding hydrogens is 138 g/mol. The molecule has 0 saturated carbocycles. The topological polar surface area (TPSA) is 46.2 Å². The highest BCUT2D eigenvalue weighted by Crippen LogP contribution is 2.11. The summed E-state index contributed by atoms with van der Waals surface area (Å²) in [6.45, 7) is 2.29. The van der Waals surface area contributed by atoms with Crippen LogP contribution in [-0.4, -0.2) is 11.7 Å². The van der Waals surface area contributed by atoms with Crippen molar-refractivity contribution >= 4 is 0 Å². The molecule has 0 aliphatic carbocycles. The van der Waals surface area contributed by atoms with Crippen molar-refractivity contribution < 1.29 is 5.11 Å². The Morgan fingerprint density at radius 1 is 1.36 bits per heavy atom. The largest absolute Gasteiger partial charge is 0.387 e. The van der Waals surface area contributed by atoms with Crippen LogP contribution in [0.15, 0.2) is 24.3 Å². The Balaban J connectivity index is 2.81. The predicted octanol–water partition coefficient (Wildman–Crippen LogP) is 0.987. The molecule has 0 spiro atoms. The van der Waals surface area contributed by atoms with Gasteiger partial charge in [0.2, 0.25) is 0 Å². The van der Waals surface area contributed by atoms with Crippen molar-refractivity contribution in [3.8, 4) is 0 Å². The van der Waals surface area contributed by atoms with E-state index in [1.807, 2.05) is 31.2 Å². The summed E-state index contributed by atoms with van der Waals surface area (Å²) in [4.78, 5) is 0. The van der Waals surface area contributed by atoms with Gasteiger partial charge in [-0.3, -0.25) is 0 Å². The fraction of sp³-hybridized carbons (Fsp3) is 0.333. The van der Waals surface area contributed by atoms with Crippen LogP contribution in [0.25, 0.3) is 0 Å². The van der Waals surface area contributed by atoms with Crippen LogP contribution in [-0.2, 0) is 0 Å². The minimum Gasteiger partial charge on any atom is -0.387 e. The van der Waals surface area contributed by atoms with Crippen LogP contribution in [0.1, 0.15) is 17.2 Å². The molecule has 11 heavy (non-hydrogen) atoms. The minimum atomic E-state index is -0.518. The zero-order chi connectivity index (χ0) is 8.27. The van der Waals surface area contributed by atoms with Crippen LogP contribution in [0.4, 0.5) is 0 Å². The lowest BCUT2D eigenvalue weighted by Gasteiger charge is -2.07. The van der Waals surface area contributed by atoms with Crippen LogP contribution in [0, 0.1) is 6.92 Å². The highest BCUT2D eigenvalue weighted by molar-refractivity contribution is 5.23. The average Bonchev–Trinajstić information content (AvgIpc) is 2.05. The average molecular weight is 151 g/mol. The highest BCUT2D eigenvalue weighted by Gasteiger charge is 2.02. The summed E-state index contributed by atoms with van der Waals surface area (Å²) in [6.07, 6.45) is -0.518. The quantitative estimate of drug-likeness (QED) is 0.662. The molecule has 1 aromatic rings. The van der Waals surface area contributed by atoms with Crippen molar-refractivity contribution in [1.82, 2.24) is 0 Å². The van der Waals surface area contributed by atoms with Crippen molar-refractivity contribution in [1.29, 1.82) is 0 Å². The highest BCUT2D eigenvalue weighted by atomic mass is 16.3. The third kappa shape index (κ3) is 2.03. The van der Waals surface area contributed by atoms with Crippen molar-refractivity contribution in [2.45, 2.75) is 13.0 Å². The molecule has 1 aromatic carbocycles. The van der Waals surface area contributed by atoms with E-state index in [9.17, 15) is 5.11 Å². The number of hydrogen-bond acceptors (Lipinski definition) is 2. The van der Waals surface area contributed by atoms with Crippen molar-refractivity contribution in [3.05, 3.63) is 35.4 Å². The van der Waals surface area contributed by atoms with E-state index in [-0.39, 0.29) is 6.54 Å². The number of nitrogens with two attached hydrogens (primary N) is 1. The maximum atomic E-state index is 9.30. The molecule has 0 saturated heterocycles. The van der Waals surface area contributed by atoms with Gasteiger partial charge in [0.15, 0.2) is 0 Å². The smallest absolute Gasteiger partial charge is 0.0912 e. The summed E-state index contributed by atoms with van der Waals surface area (Å²) in [5, 5.41) is 9.30. The van der Waals surface area contributed by atoms with Gasteiger partial charge >= 0.3 is 0 Å². The third-order valence-corrected chi connectivity index (χ3v) is 1.69. The molecule has 0 fully saturated rings. The summed E-state index contributed by atoms with van der Waals surface area (Å²) >= 11 is 0. The summed E-state index contributed by atoms with van der Waals surface area (Å²) < 4.78 is 0. The lowest BCUT2D eigenvalue weighted by Crippen LogP contribution is -2.11. The van der Waals surface area contributed by atoms with Gasteiger partial charge in [-0.15, -0.1) is 0 Å². The number of hydrogen-bond donors (Lipinski definition) is 2. The summed E-state index contributed by atoms with van der Waals surface area (Å²) in [5.74, 6) is 0. The van der Waals surface area contributed by atoms with Crippen molar-refractivity contribution in [2.24, 2.45) is 5.73 Å². The summed E-state index contributed by atoms with van der Waals surface area (Å²) in [7, 11) is 0. The first-order valence-electron chi connectivity index (χ1n) is 3.68. The predicted molar refractivity (Wildman–Crippen MR) is 45.2 cm³/mol. The first-order chi connectivity index (χ1) is 5.24. The maximum Gasteiger partial charge on any atom is 0.0912 e. The van der Waals surface area contributed by atoms with Gasteiger partial charge in [-0.25, -0.2) is 0 Å². The van der Waals surface area contributed by atoms with E-state index in [0.717, 1.165) is 5.56 Å². The number of benzene rings is 1. The fourth-order valence-corrected chi connectivity index (χ4v) is 0.925. The first kappa shape index (κ1) is 8.24. The number of aliphatic hydroxyl groups excluding tert-OH is 1. The Kier molecular flexibility index (Phi) is 2.63. The van der Waals surface area contributed by atoms with Crippen LogP contribution >= 0.6 is 0 Å². The Bertz CT molecular complexity index is 218. The molecule has 2 nitrogen and oxygen atoms in total. The molecule has 0 bridgehead atoms. The second-order valence-electron chi connectivity index (χ2n) is 2.66. The maximum absolute atomic E-state index is 9.30. The number of rotatable bonds is 2. The molecule has 0 unspecified atom stereocenters. The van der Waals surface area contributed by atoms with Gasteiger partial charge in [0.1, 0.15) is 0 Å². The van der Waals surface area contributed by atoms with Crippen LogP contribution < -0.4 is 5.73 Å². The van der Waals surface area contributed by atoms with Gasteiger partial charge in [0.25, 0.3) is 0 Å². The zero-order valence-corrected chi connectivity index (χ0v) is 6.62. The molecule has 0 amide bonds. The SMILES string of the molecule is Cc1ccc([C@H](O)CN)cc1. The molecule has 3 N–H and O–H groups in total. The number of aliphatic hydroxyl groups is 1. The molecule has 0 aromatic heterocycles. The van der Waals surface area contributed by atoms with Crippen LogP contribution in [0.3, 0.4) is 0 Å². The van der Waals surface area contributed by atoms with Crippen LogP contribution in [0.2, 0.25) is 0 Å². The van der Waals surface area contributed by atoms with Gasteiger partial charge in [0.05, 0.1) is 6.10 Å². The summed E-state index contributed by atoms with van der Waals surface area (Å²) in [5.41, 5.74) is 7.37. The lowest BCUT2D eigenvalue weighted by atomic mass is 10.1. The van der Waals surface area contributed by atoms with E-state index in [2.05, 4.69) is 0 Å². The molecular formula is C9H13NO. The zero-order valence-electron chi connectivity index (χ0n) is 6.62. The van der Waals surface area contributed by atoms with E-state index >= 15 is 0 Å². The van der Waals surface area contributed by atoms with E-state index in [4.69, 9.17) is 5.73 Å². The monoisotopic (exact) mass is 151 g/mol. The third-order valence-electron chi connectivity index (χ3n) is 1.69. The van der Waals surface area contributed by atoms with E-state index in [1.165, 1.54) is 5.56 Å². The Hall–Kier alpha value is -0.860.